The fourth-order valence-corrected chi connectivity index (χ4v) is 5.75. The Morgan fingerprint density at radius 3 is 2.14 bits per heavy atom. The van der Waals surface area contributed by atoms with Crippen LogP contribution in [0.1, 0.15) is 72.7 Å². The van der Waals surface area contributed by atoms with Crippen molar-refractivity contribution in [3.05, 3.63) is 60.7 Å². The molecule has 0 saturated heterocycles. The number of hydrogen-bond donors (Lipinski definition) is 2. The number of esters is 1. The molecule has 3 aromatic rings. The van der Waals surface area contributed by atoms with Crippen LogP contribution in [0, 0.1) is 17.6 Å². The van der Waals surface area contributed by atoms with E-state index in [-0.39, 0.29) is 56.2 Å². The van der Waals surface area contributed by atoms with Gasteiger partial charge in [0, 0.05) is 11.6 Å². The molecule has 2 atom stereocenters. The van der Waals surface area contributed by atoms with E-state index in [2.05, 4.69) is 32.2 Å². The molecule has 2 unspecified atom stereocenters. The fraction of sp³-hybridized carbons (Fsp3) is 0.593. The summed E-state index contributed by atoms with van der Waals surface area (Å²) in [4.78, 5) is 32.1. The SMILES string of the molecule is CCCCCCCCCOP(=O)(O)NC(C(=O)OC(Cn1cncn1)(Cn1cncn1)c1ccc(F)cc1F)C(C)C.[H-].[Na+]. The zero-order valence-electron chi connectivity index (χ0n) is 26.2. The predicted octanol–water partition coefficient (Wildman–Crippen LogP) is 1.89. The van der Waals surface area contributed by atoms with E-state index < -0.39 is 42.9 Å². The van der Waals surface area contributed by atoms with Gasteiger partial charge in [0.25, 0.3) is 0 Å². The van der Waals surface area contributed by atoms with Gasteiger partial charge in [-0.1, -0.05) is 59.3 Å². The van der Waals surface area contributed by atoms with Crippen molar-refractivity contribution in [2.75, 3.05) is 6.61 Å². The average Bonchev–Trinajstić information content (AvgIpc) is 3.63. The Labute approximate surface area is 274 Å². The molecule has 0 spiro atoms. The van der Waals surface area contributed by atoms with Crippen LogP contribution in [0.3, 0.4) is 0 Å². The number of carbonyl (C=O) groups excluding carboxylic acids is 1. The maximum atomic E-state index is 15.3. The molecule has 0 fully saturated rings. The predicted molar refractivity (Wildman–Crippen MR) is 151 cm³/mol. The van der Waals surface area contributed by atoms with Gasteiger partial charge in [0.15, 0.2) is 5.60 Å². The average molecular weight is 636 g/mol. The molecule has 0 radical (unpaired) electrons. The van der Waals surface area contributed by atoms with Crippen LogP contribution in [-0.2, 0) is 37.3 Å². The minimum atomic E-state index is -4.42. The summed E-state index contributed by atoms with van der Waals surface area (Å²) < 4.78 is 56.1. The summed E-state index contributed by atoms with van der Waals surface area (Å²) in [6.45, 7) is 5.02. The zero-order chi connectivity index (χ0) is 30.6. The summed E-state index contributed by atoms with van der Waals surface area (Å²) in [5.74, 6) is -3.28. The van der Waals surface area contributed by atoms with Gasteiger partial charge in [0.05, 0.1) is 19.7 Å². The summed E-state index contributed by atoms with van der Waals surface area (Å²) in [7, 11) is -4.42. The molecule has 2 aromatic heterocycles. The Morgan fingerprint density at radius 2 is 1.63 bits per heavy atom. The molecule has 0 bridgehead atoms. The van der Waals surface area contributed by atoms with Crippen molar-refractivity contribution in [2.45, 2.75) is 90.4 Å². The molecule has 3 rings (SSSR count). The quantitative estimate of drug-likeness (QED) is 0.0867. The van der Waals surface area contributed by atoms with E-state index in [1.807, 2.05) is 0 Å². The summed E-state index contributed by atoms with van der Waals surface area (Å²) in [5.41, 5.74) is -2.00. The molecule has 2 heterocycles. The molecule has 43 heavy (non-hydrogen) atoms. The number of halogens is 2. The van der Waals surface area contributed by atoms with E-state index in [9.17, 15) is 18.6 Å². The summed E-state index contributed by atoms with van der Waals surface area (Å²) in [6.07, 6.45) is 12.3. The van der Waals surface area contributed by atoms with E-state index in [0.29, 0.717) is 12.5 Å². The Balaban J connectivity index is 0.00000484. The van der Waals surface area contributed by atoms with Gasteiger partial charge >= 0.3 is 43.3 Å². The maximum absolute atomic E-state index is 15.3. The van der Waals surface area contributed by atoms with E-state index in [4.69, 9.17) is 9.26 Å². The fourth-order valence-electron chi connectivity index (χ4n) is 4.54. The van der Waals surface area contributed by atoms with Crippen molar-refractivity contribution in [1.29, 1.82) is 0 Å². The molecule has 12 nitrogen and oxygen atoms in total. The van der Waals surface area contributed by atoms with Crippen LogP contribution in [0.15, 0.2) is 43.5 Å². The second kappa shape index (κ2) is 18.0. The van der Waals surface area contributed by atoms with Gasteiger partial charge in [-0.25, -0.2) is 37.8 Å². The van der Waals surface area contributed by atoms with Crippen molar-refractivity contribution < 1.29 is 63.3 Å². The number of aromatic nitrogens is 6. The van der Waals surface area contributed by atoms with E-state index in [1.54, 1.807) is 13.8 Å². The smallest absolute Gasteiger partial charge is 1.00 e. The molecule has 0 amide bonds. The third-order valence-corrected chi connectivity index (χ3v) is 7.86. The van der Waals surface area contributed by atoms with Gasteiger partial charge in [0.1, 0.15) is 43.0 Å². The van der Waals surface area contributed by atoms with Crippen LogP contribution in [0.5, 0.6) is 0 Å². The summed E-state index contributed by atoms with van der Waals surface area (Å²) in [5, 5.41) is 10.6. The van der Waals surface area contributed by atoms with Crippen molar-refractivity contribution >= 4 is 13.7 Å². The molecule has 234 valence electrons. The number of unbranched alkanes of at least 4 members (excludes halogenated alkanes) is 6. The van der Waals surface area contributed by atoms with Crippen molar-refractivity contribution in [2.24, 2.45) is 5.92 Å². The molecule has 0 saturated carbocycles. The molecule has 0 aliphatic heterocycles. The van der Waals surface area contributed by atoms with Crippen molar-refractivity contribution in [3.63, 3.8) is 0 Å². The minimum Gasteiger partial charge on any atom is -1.00 e. The van der Waals surface area contributed by atoms with Gasteiger partial charge in [-0.05, 0) is 24.5 Å². The molecular formula is C27H41F2N7NaO5P. The number of rotatable bonds is 19. The number of carbonyl (C=O) groups is 1. The van der Waals surface area contributed by atoms with Crippen LogP contribution in [0.25, 0.3) is 0 Å². The van der Waals surface area contributed by atoms with Crippen molar-refractivity contribution in [3.8, 4) is 0 Å². The van der Waals surface area contributed by atoms with Gasteiger partial charge < -0.3 is 11.1 Å². The van der Waals surface area contributed by atoms with Gasteiger partial charge in [-0.3, -0.25) is 9.32 Å². The third kappa shape index (κ3) is 11.8. The zero-order valence-corrected chi connectivity index (χ0v) is 28.1. The van der Waals surface area contributed by atoms with Crippen LogP contribution in [0.4, 0.5) is 8.78 Å². The Morgan fingerprint density at radius 1 is 1.05 bits per heavy atom. The van der Waals surface area contributed by atoms with Crippen LogP contribution in [-0.4, -0.2) is 53.0 Å². The number of ether oxygens (including phenoxy) is 1. The van der Waals surface area contributed by atoms with Crippen molar-refractivity contribution in [1.82, 2.24) is 34.6 Å². The Bertz CT molecular complexity index is 1260. The number of nitrogens with one attached hydrogen (secondary N) is 1. The molecule has 1 aromatic carbocycles. The second-order valence-electron chi connectivity index (χ2n) is 10.6. The third-order valence-electron chi connectivity index (χ3n) is 6.72. The maximum Gasteiger partial charge on any atom is 1.00 e. The molecule has 0 aliphatic rings. The topological polar surface area (TPSA) is 146 Å². The first kappa shape index (κ1) is 37.1. The second-order valence-corrected chi connectivity index (χ2v) is 12.1. The molecular weight excluding hydrogens is 594 g/mol. The van der Waals surface area contributed by atoms with Gasteiger partial charge in [-0.15, -0.1) is 0 Å². The summed E-state index contributed by atoms with van der Waals surface area (Å²) in [6, 6.07) is 1.58. The minimum absolute atomic E-state index is 0. The molecule has 16 heteroatoms. The molecule has 0 aliphatic carbocycles. The molecule has 2 N–H and O–H groups in total. The Kier molecular flexibility index (Phi) is 15.6. The van der Waals surface area contributed by atoms with Crippen LogP contribution in [0.2, 0.25) is 0 Å². The number of benzene rings is 1. The monoisotopic (exact) mass is 635 g/mol. The van der Waals surface area contributed by atoms with Crippen LogP contribution >= 0.6 is 7.75 Å². The first-order chi connectivity index (χ1) is 20.0. The normalized spacial score (nSPS) is 13.8. The first-order valence-corrected chi connectivity index (χ1v) is 15.7. The standard InChI is InChI=1S/C27H40F2N7O5P.Na.H/c1-4-5-6-7-8-9-10-13-40-42(38,39)34-25(21(2)3)26(37)41-27(15-35-19-30-17-32-35,16-36-20-31-18-33-36)23-12-11-22(28)14-24(23)29;;/h11-12,14,17-21,25H,4-10,13,15-16H2,1-3H3,(H2,34,38,39);;/q;+1;-1. The van der Waals surface area contributed by atoms with E-state index in [0.717, 1.165) is 38.2 Å². The van der Waals surface area contributed by atoms with E-state index >= 15 is 4.39 Å². The first-order valence-electron chi connectivity index (χ1n) is 14.1. The Hall–Kier alpha value is -2.06. The van der Waals surface area contributed by atoms with Crippen LogP contribution < -0.4 is 34.6 Å². The van der Waals surface area contributed by atoms with Gasteiger partial charge in [-0.2, -0.15) is 10.2 Å². The summed E-state index contributed by atoms with van der Waals surface area (Å²) >= 11 is 0. The number of hydrogen-bond acceptors (Lipinski definition) is 8. The number of nitrogens with zero attached hydrogens (tertiary/aromatic N) is 6. The van der Waals surface area contributed by atoms with E-state index in [1.165, 1.54) is 47.2 Å². The van der Waals surface area contributed by atoms with Gasteiger partial charge in [0.2, 0.25) is 0 Å². The largest absolute Gasteiger partial charge is 1.00 e.